The number of hydrogen-bond acceptors (Lipinski definition) is 16. The predicted molar refractivity (Wildman–Crippen MR) is 313 cm³/mol. The summed E-state index contributed by atoms with van der Waals surface area (Å²) in [6.45, 7) is 4.99. The van der Waals surface area contributed by atoms with Gasteiger partial charge in [-0.3, -0.25) is 47.9 Å². The zero-order chi connectivity index (χ0) is 61.6. The quantitative estimate of drug-likeness (QED) is 0.0391. The van der Waals surface area contributed by atoms with Crippen LogP contribution in [0.3, 0.4) is 0 Å². The fourth-order valence-electron chi connectivity index (χ4n) is 9.49. The Labute approximate surface area is 487 Å². The van der Waals surface area contributed by atoms with Crippen molar-refractivity contribution in [3.8, 4) is 0 Å². The number of nitrogens with two attached hydrogens (primary N) is 4. The largest absolute Gasteiger partial charge is 0.391 e. The Morgan fingerprint density at radius 1 is 0.548 bits per heavy atom. The number of fused-ring (bicyclic) bond motifs is 2. The van der Waals surface area contributed by atoms with Crippen LogP contribution in [0.25, 0.3) is 21.5 Å². The lowest BCUT2D eigenvalue weighted by atomic mass is 10.00. The van der Waals surface area contributed by atoms with Gasteiger partial charge in [0.25, 0.3) is 5.91 Å². The second-order valence-electron chi connectivity index (χ2n) is 21.3. The first-order valence-electron chi connectivity index (χ1n) is 28.2. The Morgan fingerprint density at radius 2 is 1.05 bits per heavy atom. The molecule has 84 heavy (non-hydrogen) atoms. The molecule has 0 aliphatic carbocycles. The number of aliphatic hydroxyl groups excluding tert-OH is 2. The molecule has 5 rings (SSSR count). The van der Waals surface area contributed by atoms with Gasteiger partial charge in [0.2, 0.25) is 53.2 Å². The summed E-state index contributed by atoms with van der Waals surface area (Å²) in [7, 11) is 0. The first kappa shape index (κ1) is 66.7. The smallest absolute Gasteiger partial charge is 0.252 e. The highest BCUT2D eigenvalue weighted by molar-refractivity contribution is 6.05. The molecule has 10 amide bonds. The van der Waals surface area contributed by atoms with E-state index in [0.717, 1.165) is 21.5 Å². The fraction of sp³-hybridized carbons (Fsp3) is 0.483. The van der Waals surface area contributed by atoms with Crippen molar-refractivity contribution in [1.82, 2.24) is 53.2 Å². The lowest BCUT2D eigenvalue weighted by Gasteiger charge is -2.28. The summed E-state index contributed by atoms with van der Waals surface area (Å²) in [5, 5.41) is 50.9. The van der Waals surface area contributed by atoms with Gasteiger partial charge in [0, 0.05) is 18.5 Å². The Kier molecular flexibility index (Phi) is 25.9. The normalized spacial score (nSPS) is 22.4. The number of amides is 10. The summed E-state index contributed by atoms with van der Waals surface area (Å²) in [5.41, 5.74) is 24.4. The number of hydrogen-bond donors (Lipinski definition) is 16. The molecule has 0 saturated carbocycles. The van der Waals surface area contributed by atoms with Gasteiger partial charge in [0.1, 0.15) is 54.4 Å². The zero-order valence-corrected chi connectivity index (χ0v) is 47.8. The van der Waals surface area contributed by atoms with Crippen molar-refractivity contribution >= 4 is 80.6 Å². The summed E-state index contributed by atoms with van der Waals surface area (Å²) < 4.78 is 0. The van der Waals surface area contributed by atoms with Crippen LogP contribution in [0.2, 0.25) is 0 Å². The van der Waals surface area contributed by atoms with E-state index in [-0.39, 0.29) is 76.2 Å². The molecule has 1 heterocycles. The second-order valence-corrected chi connectivity index (χ2v) is 21.3. The molecule has 26 nitrogen and oxygen atoms in total. The molecule has 456 valence electrons. The standard InChI is InChI=1S/C58H82N14O12/c1-31(2)26-45-55(81)66-40(16-21-59)50(76)65-43(19-24-62)54(80)72-47(32(3)73)57(83)63-25-20-44(53(79)64-41(17-22-60)52(78)70-46(56(82)69-45)27-34-10-6-5-7-11-34)67-51(77)42(18-23-61)68-58(84)48(33(4)74)71-49(75)38-15-14-37-28-35-12-8-9-13-36(35)29-39(37)30-38/h5-15,28-33,40-48,73-74H,16-27,59-62H2,1-4H3,(H,63,83)(H,64,79)(H,65,76)(H,66,81)(H,67,77)(H,68,84)(H,69,82)(H,70,78)(H,71,75)(H,72,80)/t32-,33-,40+,41+,42+,43+,44+,45+,46-,47+,48+/m1/s1. The average molecular weight is 1170 g/mol. The third-order valence-corrected chi connectivity index (χ3v) is 14.1. The number of nitrogens with one attached hydrogen (secondary N) is 10. The highest BCUT2D eigenvalue weighted by Crippen LogP contribution is 2.24. The van der Waals surface area contributed by atoms with E-state index in [1.807, 2.05) is 36.4 Å². The van der Waals surface area contributed by atoms with Crippen LogP contribution < -0.4 is 76.1 Å². The summed E-state index contributed by atoms with van der Waals surface area (Å²) in [5.74, 6) is -9.19. The number of carbonyl (C=O) groups is 10. The van der Waals surface area contributed by atoms with E-state index in [4.69, 9.17) is 22.9 Å². The maximum absolute atomic E-state index is 14.6. The topological polar surface area (TPSA) is 436 Å². The molecule has 4 aromatic carbocycles. The van der Waals surface area contributed by atoms with Crippen LogP contribution in [0.15, 0.2) is 84.9 Å². The maximum atomic E-state index is 14.6. The Hall–Kier alpha value is -8.14. The van der Waals surface area contributed by atoms with Gasteiger partial charge in [-0.25, -0.2) is 0 Å². The van der Waals surface area contributed by atoms with E-state index in [2.05, 4.69) is 53.2 Å². The molecule has 0 bridgehead atoms. The number of rotatable bonds is 20. The highest BCUT2D eigenvalue weighted by Gasteiger charge is 2.37. The number of carbonyl (C=O) groups excluding carboxylic acids is 10. The van der Waals surface area contributed by atoms with Crippen LogP contribution in [0.5, 0.6) is 0 Å². The average Bonchev–Trinajstić information content (AvgIpc) is 2.98. The lowest BCUT2D eigenvalue weighted by Crippen LogP contribution is -2.61. The van der Waals surface area contributed by atoms with Gasteiger partial charge in [-0.1, -0.05) is 74.5 Å². The Bertz CT molecular complexity index is 2950. The molecule has 4 aromatic rings. The summed E-state index contributed by atoms with van der Waals surface area (Å²) >= 11 is 0. The van der Waals surface area contributed by atoms with E-state index in [1.54, 1.807) is 62.4 Å². The summed E-state index contributed by atoms with van der Waals surface area (Å²) in [4.78, 5) is 141. The van der Waals surface area contributed by atoms with Crippen molar-refractivity contribution in [2.75, 3.05) is 32.7 Å². The third-order valence-electron chi connectivity index (χ3n) is 14.1. The summed E-state index contributed by atoms with van der Waals surface area (Å²) in [6.07, 6.45) is -4.28. The first-order chi connectivity index (χ1) is 40.1. The molecule has 1 aliphatic rings. The zero-order valence-electron chi connectivity index (χ0n) is 47.8. The van der Waals surface area contributed by atoms with E-state index >= 15 is 0 Å². The molecule has 20 N–H and O–H groups in total. The fourth-order valence-corrected chi connectivity index (χ4v) is 9.49. The molecule has 1 aliphatic heterocycles. The molecule has 0 radical (unpaired) electrons. The van der Waals surface area contributed by atoms with Crippen molar-refractivity contribution in [2.24, 2.45) is 28.9 Å². The minimum atomic E-state index is -1.67. The Balaban J connectivity index is 1.47. The molecule has 1 fully saturated rings. The third kappa shape index (κ3) is 19.5. The highest BCUT2D eigenvalue weighted by atomic mass is 16.3. The molecule has 0 aromatic heterocycles. The van der Waals surface area contributed by atoms with E-state index in [0.29, 0.717) is 5.56 Å². The molecular formula is C58H82N14O12. The van der Waals surface area contributed by atoms with E-state index < -0.39 is 139 Å². The van der Waals surface area contributed by atoms with Crippen molar-refractivity contribution in [1.29, 1.82) is 0 Å². The molecule has 0 unspecified atom stereocenters. The monoisotopic (exact) mass is 1170 g/mol. The van der Waals surface area contributed by atoms with Gasteiger partial charge >= 0.3 is 0 Å². The van der Waals surface area contributed by atoms with Crippen molar-refractivity contribution in [2.45, 2.75) is 139 Å². The molecule has 11 atom stereocenters. The van der Waals surface area contributed by atoms with Gasteiger partial charge in [0.05, 0.1) is 12.2 Å². The van der Waals surface area contributed by atoms with Gasteiger partial charge in [-0.15, -0.1) is 0 Å². The molecular weight excluding hydrogens is 1080 g/mol. The lowest BCUT2D eigenvalue weighted by molar-refractivity contribution is -0.136. The Morgan fingerprint density at radius 3 is 1.60 bits per heavy atom. The minimum Gasteiger partial charge on any atom is -0.391 e. The molecule has 1 saturated heterocycles. The molecule has 0 spiro atoms. The van der Waals surface area contributed by atoms with Crippen LogP contribution >= 0.6 is 0 Å². The van der Waals surface area contributed by atoms with Crippen molar-refractivity contribution in [3.63, 3.8) is 0 Å². The van der Waals surface area contributed by atoms with Crippen molar-refractivity contribution in [3.05, 3.63) is 96.1 Å². The SMILES string of the molecule is CC(C)C[C@@H]1NC(=O)[C@@H](Cc2ccccc2)NC(=O)[C@H](CCN)NC(=O)[C@@H](NC(=O)[C@H](CCN)NC(=O)[C@@H](NC(=O)c2ccc3cc4ccccc4cc3c2)[C@@H](C)O)CCNC(=O)[C@H]([C@@H](C)O)NC(=O)[C@H](CCN)NC(=O)[C@H](CCN)NC1=O. The van der Waals surface area contributed by atoms with Crippen LogP contribution in [-0.4, -0.2) is 169 Å². The van der Waals surface area contributed by atoms with Gasteiger partial charge in [0.15, 0.2) is 0 Å². The van der Waals surface area contributed by atoms with Crippen molar-refractivity contribution < 1.29 is 58.2 Å². The van der Waals surface area contributed by atoms with Crippen LogP contribution in [0.4, 0.5) is 0 Å². The molecule has 26 heteroatoms. The number of benzene rings is 4. The predicted octanol–water partition coefficient (Wildman–Crippen LogP) is -3.06. The van der Waals surface area contributed by atoms with Crippen LogP contribution in [0, 0.1) is 5.92 Å². The van der Waals surface area contributed by atoms with Gasteiger partial charge < -0.3 is 86.3 Å². The van der Waals surface area contributed by atoms with Gasteiger partial charge in [-0.2, -0.15) is 0 Å². The van der Waals surface area contributed by atoms with Gasteiger partial charge in [-0.05, 0) is 136 Å². The van der Waals surface area contributed by atoms with Crippen LogP contribution in [-0.2, 0) is 49.6 Å². The second kappa shape index (κ2) is 32.6. The maximum Gasteiger partial charge on any atom is 0.252 e. The van der Waals surface area contributed by atoms with E-state index in [1.165, 1.54) is 13.8 Å². The minimum absolute atomic E-state index is 0.0538. The van der Waals surface area contributed by atoms with Crippen LogP contribution in [0.1, 0.15) is 82.1 Å². The number of aliphatic hydroxyl groups is 2. The van der Waals surface area contributed by atoms with E-state index in [9.17, 15) is 58.2 Å². The summed E-state index contributed by atoms with van der Waals surface area (Å²) in [6, 6.07) is 11.8. The first-order valence-corrected chi connectivity index (χ1v) is 28.2.